The normalized spacial score (nSPS) is 15.2. The molecule has 1 N–H and O–H groups in total. The molecule has 7 heteroatoms. The van der Waals surface area contributed by atoms with Crippen LogP contribution in [0.25, 0.3) is 5.69 Å². The Bertz CT molecular complexity index is 949. The van der Waals surface area contributed by atoms with Crippen molar-refractivity contribution in [3.05, 3.63) is 83.1 Å². The molecule has 1 amide bonds. The Morgan fingerprint density at radius 3 is 2.37 bits per heavy atom. The number of benzene rings is 2. The summed E-state index contributed by atoms with van der Waals surface area (Å²) in [5.74, 6) is 0.0470. The van der Waals surface area contributed by atoms with E-state index in [-0.39, 0.29) is 5.91 Å². The van der Waals surface area contributed by atoms with E-state index < -0.39 is 0 Å². The molecule has 156 valence electrons. The molecule has 6 nitrogen and oxygen atoms in total. The Kier molecular flexibility index (Phi) is 6.79. The molecule has 3 aromatic rings. The van der Waals surface area contributed by atoms with Gasteiger partial charge >= 0.3 is 0 Å². The largest absolute Gasteiger partial charge is 0.351 e. The van der Waals surface area contributed by atoms with Crippen molar-refractivity contribution in [3.8, 4) is 5.69 Å². The number of amides is 1. The summed E-state index contributed by atoms with van der Waals surface area (Å²) in [6.45, 7) is 5.67. The molecule has 2 heterocycles. The first-order valence-electron chi connectivity index (χ1n) is 10.2. The topological polar surface area (TPSA) is 53.4 Å². The lowest BCUT2D eigenvalue weighted by Gasteiger charge is -2.34. The maximum absolute atomic E-state index is 12.4. The number of nitrogens with zero attached hydrogens (tertiary/aromatic N) is 4. The number of piperazine rings is 1. The van der Waals surface area contributed by atoms with Gasteiger partial charge in [-0.3, -0.25) is 14.6 Å². The van der Waals surface area contributed by atoms with E-state index in [4.69, 9.17) is 11.6 Å². The van der Waals surface area contributed by atoms with Gasteiger partial charge < -0.3 is 5.32 Å². The van der Waals surface area contributed by atoms with Crippen LogP contribution >= 0.6 is 11.6 Å². The van der Waals surface area contributed by atoms with E-state index in [1.165, 1.54) is 5.56 Å². The highest BCUT2D eigenvalue weighted by Crippen LogP contribution is 2.13. The van der Waals surface area contributed by atoms with E-state index >= 15 is 0 Å². The zero-order valence-corrected chi connectivity index (χ0v) is 17.6. The number of rotatable bonds is 7. The van der Waals surface area contributed by atoms with Crippen LogP contribution in [0.1, 0.15) is 11.1 Å². The van der Waals surface area contributed by atoms with Gasteiger partial charge in [0, 0.05) is 56.1 Å². The second kappa shape index (κ2) is 9.89. The number of aromatic nitrogens is 2. The predicted molar refractivity (Wildman–Crippen MR) is 119 cm³/mol. The standard InChI is InChI=1S/C23H26ClN5O/c24-21-6-8-22(9-7-21)29-17-20(15-26-29)14-25-23(30)18-28-12-10-27(11-13-28)16-19-4-2-1-3-5-19/h1-9,15,17H,10-14,16,18H2,(H,25,30). The fourth-order valence-electron chi connectivity index (χ4n) is 3.59. The minimum absolute atomic E-state index is 0.0470. The van der Waals surface area contributed by atoms with Crippen LogP contribution in [0, 0.1) is 0 Å². The van der Waals surface area contributed by atoms with Crippen LogP contribution in [0.15, 0.2) is 67.0 Å². The van der Waals surface area contributed by atoms with Gasteiger partial charge in [0.25, 0.3) is 0 Å². The molecule has 0 atom stereocenters. The van der Waals surface area contributed by atoms with Gasteiger partial charge in [0.05, 0.1) is 18.4 Å². The van der Waals surface area contributed by atoms with Crippen LogP contribution in [0.2, 0.25) is 5.02 Å². The third-order valence-electron chi connectivity index (χ3n) is 5.30. The van der Waals surface area contributed by atoms with Crippen molar-refractivity contribution in [2.75, 3.05) is 32.7 Å². The van der Waals surface area contributed by atoms with E-state index in [0.717, 1.165) is 44.0 Å². The predicted octanol–water partition coefficient (Wildman–Crippen LogP) is 2.96. The third kappa shape index (κ3) is 5.69. The van der Waals surface area contributed by atoms with Crippen LogP contribution in [0.4, 0.5) is 0 Å². The van der Waals surface area contributed by atoms with Crippen molar-refractivity contribution < 1.29 is 4.79 Å². The van der Waals surface area contributed by atoms with E-state index in [2.05, 4.69) is 44.5 Å². The Morgan fingerprint density at radius 2 is 1.63 bits per heavy atom. The van der Waals surface area contributed by atoms with Crippen molar-refractivity contribution in [2.24, 2.45) is 0 Å². The van der Waals surface area contributed by atoms with Gasteiger partial charge in [-0.2, -0.15) is 5.10 Å². The summed E-state index contributed by atoms with van der Waals surface area (Å²) in [7, 11) is 0. The maximum atomic E-state index is 12.4. The van der Waals surface area contributed by atoms with E-state index in [0.29, 0.717) is 18.1 Å². The molecule has 4 rings (SSSR count). The molecule has 0 radical (unpaired) electrons. The van der Waals surface area contributed by atoms with Crippen molar-refractivity contribution in [1.82, 2.24) is 24.9 Å². The lowest BCUT2D eigenvalue weighted by molar-refractivity contribution is -0.122. The molecular weight excluding hydrogens is 398 g/mol. The van der Waals surface area contributed by atoms with Gasteiger partial charge in [-0.15, -0.1) is 0 Å². The van der Waals surface area contributed by atoms with E-state index in [1.807, 2.05) is 36.5 Å². The van der Waals surface area contributed by atoms with Crippen LogP contribution < -0.4 is 5.32 Å². The quantitative estimate of drug-likeness (QED) is 0.634. The highest BCUT2D eigenvalue weighted by Gasteiger charge is 2.19. The molecule has 0 bridgehead atoms. The average Bonchev–Trinajstić information content (AvgIpc) is 3.24. The number of nitrogens with one attached hydrogen (secondary N) is 1. The lowest BCUT2D eigenvalue weighted by Crippen LogP contribution is -2.49. The zero-order chi connectivity index (χ0) is 20.8. The Balaban J connectivity index is 1.19. The minimum Gasteiger partial charge on any atom is -0.351 e. The number of hydrogen-bond acceptors (Lipinski definition) is 4. The number of halogens is 1. The molecule has 1 aromatic heterocycles. The van der Waals surface area contributed by atoms with Crippen molar-refractivity contribution in [3.63, 3.8) is 0 Å². The number of hydrogen-bond donors (Lipinski definition) is 1. The molecule has 1 fully saturated rings. The van der Waals surface area contributed by atoms with Crippen LogP contribution in [-0.4, -0.2) is 58.2 Å². The van der Waals surface area contributed by atoms with Gasteiger partial charge in [-0.1, -0.05) is 41.9 Å². The highest BCUT2D eigenvalue weighted by atomic mass is 35.5. The van der Waals surface area contributed by atoms with Gasteiger partial charge in [-0.05, 0) is 29.8 Å². The van der Waals surface area contributed by atoms with Gasteiger partial charge in [0.2, 0.25) is 5.91 Å². The average molecular weight is 424 g/mol. The van der Waals surface area contributed by atoms with Crippen LogP contribution in [0.5, 0.6) is 0 Å². The first kappa shape index (κ1) is 20.6. The summed E-state index contributed by atoms with van der Waals surface area (Å²) in [4.78, 5) is 17.0. The molecule has 0 unspecified atom stereocenters. The first-order chi connectivity index (χ1) is 14.7. The SMILES string of the molecule is O=C(CN1CCN(Cc2ccccc2)CC1)NCc1cnn(-c2ccc(Cl)cc2)c1. The number of carbonyl (C=O) groups is 1. The van der Waals surface area contributed by atoms with E-state index in [1.54, 1.807) is 10.9 Å². The summed E-state index contributed by atoms with van der Waals surface area (Å²) in [6, 6.07) is 18.0. The Morgan fingerprint density at radius 1 is 0.933 bits per heavy atom. The molecule has 0 saturated carbocycles. The number of carbonyl (C=O) groups excluding carboxylic acids is 1. The Hall–Kier alpha value is -2.67. The maximum Gasteiger partial charge on any atom is 0.234 e. The lowest BCUT2D eigenvalue weighted by atomic mass is 10.2. The molecule has 30 heavy (non-hydrogen) atoms. The van der Waals surface area contributed by atoms with E-state index in [9.17, 15) is 4.79 Å². The fourth-order valence-corrected chi connectivity index (χ4v) is 3.72. The molecule has 1 aliphatic rings. The molecule has 0 spiro atoms. The van der Waals surface area contributed by atoms with Crippen molar-refractivity contribution >= 4 is 17.5 Å². The second-order valence-electron chi connectivity index (χ2n) is 7.58. The summed E-state index contributed by atoms with van der Waals surface area (Å²) in [5.41, 5.74) is 3.24. The molecule has 1 aliphatic heterocycles. The smallest absolute Gasteiger partial charge is 0.234 e. The second-order valence-corrected chi connectivity index (χ2v) is 8.02. The summed E-state index contributed by atoms with van der Waals surface area (Å²) >= 11 is 5.93. The Labute approximate surface area is 182 Å². The van der Waals surface area contributed by atoms with Crippen LogP contribution in [0.3, 0.4) is 0 Å². The van der Waals surface area contributed by atoms with Gasteiger partial charge in [0.1, 0.15) is 0 Å². The van der Waals surface area contributed by atoms with Crippen LogP contribution in [-0.2, 0) is 17.9 Å². The van der Waals surface area contributed by atoms with Crippen molar-refractivity contribution in [1.29, 1.82) is 0 Å². The van der Waals surface area contributed by atoms with Gasteiger partial charge in [-0.25, -0.2) is 4.68 Å². The fraction of sp³-hybridized carbons (Fsp3) is 0.304. The molecule has 0 aliphatic carbocycles. The monoisotopic (exact) mass is 423 g/mol. The summed E-state index contributed by atoms with van der Waals surface area (Å²) in [5, 5.41) is 8.06. The molecule has 2 aromatic carbocycles. The third-order valence-corrected chi connectivity index (χ3v) is 5.55. The molecular formula is C23H26ClN5O. The van der Waals surface area contributed by atoms with Crippen molar-refractivity contribution in [2.45, 2.75) is 13.1 Å². The summed E-state index contributed by atoms with van der Waals surface area (Å²) < 4.78 is 1.78. The highest BCUT2D eigenvalue weighted by molar-refractivity contribution is 6.30. The van der Waals surface area contributed by atoms with Gasteiger partial charge in [0.15, 0.2) is 0 Å². The first-order valence-corrected chi connectivity index (χ1v) is 10.6. The molecule has 1 saturated heterocycles. The summed E-state index contributed by atoms with van der Waals surface area (Å²) in [6.07, 6.45) is 3.70. The minimum atomic E-state index is 0.0470. The zero-order valence-electron chi connectivity index (χ0n) is 16.9.